The van der Waals surface area contributed by atoms with Gasteiger partial charge in [0.1, 0.15) is 12.7 Å². The third-order valence-electron chi connectivity index (χ3n) is 6.11. The molecule has 0 radical (unpaired) electrons. The summed E-state index contributed by atoms with van der Waals surface area (Å²) in [7, 11) is 0. The smallest absolute Gasteiger partial charge is 0.408 e. The van der Waals surface area contributed by atoms with E-state index in [9.17, 15) is 14.9 Å². The van der Waals surface area contributed by atoms with Gasteiger partial charge in [0.05, 0.1) is 28.9 Å². The van der Waals surface area contributed by atoms with Gasteiger partial charge in [-0.05, 0) is 55.0 Å². The highest BCUT2D eigenvalue weighted by molar-refractivity contribution is 5.91. The number of nitriles is 1. The summed E-state index contributed by atoms with van der Waals surface area (Å²) in [5, 5.41) is 17.4. The molecule has 1 atom stereocenters. The highest BCUT2D eigenvalue weighted by atomic mass is 16.6. The Balaban J connectivity index is 1.80. The van der Waals surface area contributed by atoms with Crippen molar-refractivity contribution in [2.45, 2.75) is 59.3 Å². The summed E-state index contributed by atoms with van der Waals surface area (Å²) in [6.45, 7) is 9.61. The van der Waals surface area contributed by atoms with Crippen LogP contribution in [0.25, 0.3) is 16.4 Å². The number of nitrogens with zero attached hydrogens (tertiary/aromatic N) is 3. The first-order valence-electron chi connectivity index (χ1n) is 12.5. The predicted octanol–water partition coefficient (Wildman–Crippen LogP) is 5.87. The SMILES string of the molecule is CC(C)OC(=O)[C@](CC(C)(C)C)(NC(=O)OCc1ccccc1)c1ccc2c(ccc3c(C#N)cnn32)c1. The zero-order chi connectivity index (χ0) is 27.5. The van der Waals surface area contributed by atoms with Crippen LogP contribution in [0.2, 0.25) is 0 Å². The average molecular weight is 513 g/mol. The van der Waals surface area contributed by atoms with E-state index in [1.54, 1.807) is 24.4 Å². The van der Waals surface area contributed by atoms with E-state index in [0.29, 0.717) is 16.6 Å². The largest absolute Gasteiger partial charge is 0.461 e. The molecule has 0 bridgehead atoms. The van der Waals surface area contributed by atoms with E-state index in [1.165, 1.54) is 6.20 Å². The number of carbonyl (C=O) groups excluding carboxylic acids is 2. The lowest BCUT2D eigenvalue weighted by molar-refractivity contribution is -0.157. The number of amides is 1. The van der Waals surface area contributed by atoms with E-state index in [2.05, 4.69) is 16.5 Å². The molecule has 0 saturated carbocycles. The third-order valence-corrected chi connectivity index (χ3v) is 6.11. The molecule has 4 aromatic rings. The first kappa shape index (κ1) is 26.7. The quantitative estimate of drug-likeness (QED) is 0.311. The Hall–Kier alpha value is -4.38. The maximum absolute atomic E-state index is 13.8. The molecule has 2 aromatic heterocycles. The summed E-state index contributed by atoms with van der Waals surface area (Å²) in [4.78, 5) is 27.0. The second-order valence-electron chi connectivity index (χ2n) is 10.9. The summed E-state index contributed by atoms with van der Waals surface area (Å²) >= 11 is 0. The standard InChI is InChI=1S/C30H32N4O4/c1-20(2)38-27(35)30(19-29(3,4)5,33-28(36)37-18-21-9-7-6-8-10-21)24-12-14-25-22(15-24)11-13-26-23(16-31)17-32-34(25)26/h6-15,17,20H,18-19H2,1-5H3,(H,33,36)/t30-/m1/s1. The fourth-order valence-corrected chi connectivity index (χ4v) is 4.61. The van der Waals surface area contributed by atoms with Gasteiger partial charge in [0.15, 0.2) is 5.54 Å². The van der Waals surface area contributed by atoms with Crippen molar-refractivity contribution >= 4 is 28.5 Å². The third kappa shape index (κ3) is 5.62. The van der Waals surface area contributed by atoms with E-state index < -0.39 is 23.7 Å². The molecule has 8 heteroatoms. The van der Waals surface area contributed by atoms with E-state index in [0.717, 1.165) is 16.5 Å². The zero-order valence-electron chi connectivity index (χ0n) is 22.3. The summed E-state index contributed by atoms with van der Waals surface area (Å²) in [6.07, 6.45) is 0.675. The van der Waals surface area contributed by atoms with E-state index in [-0.39, 0.29) is 18.4 Å². The van der Waals surface area contributed by atoms with Gasteiger partial charge in [-0.3, -0.25) is 0 Å². The Labute approximate surface area is 222 Å². The zero-order valence-corrected chi connectivity index (χ0v) is 22.3. The number of ether oxygens (including phenoxy) is 2. The van der Waals surface area contributed by atoms with Crippen LogP contribution in [0.4, 0.5) is 4.79 Å². The molecule has 8 nitrogen and oxygen atoms in total. The fraction of sp³-hybridized carbons (Fsp3) is 0.333. The van der Waals surface area contributed by atoms with Gasteiger partial charge >= 0.3 is 12.1 Å². The van der Waals surface area contributed by atoms with Gasteiger partial charge in [0.2, 0.25) is 0 Å². The maximum atomic E-state index is 13.8. The van der Waals surface area contributed by atoms with Crippen molar-refractivity contribution < 1.29 is 19.1 Å². The molecule has 2 aromatic carbocycles. The molecular formula is C30H32N4O4. The van der Waals surface area contributed by atoms with E-state index in [1.807, 2.05) is 75.4 Å². The van der Waals surface area contributed by atoms with Crippen LogP contribution in [-0.4, -0.2) is 27.8 Å². The molecule has 1 N–H and O–H groups in total. The molecule has 0 aliphatic carbocycles. The van der Waals surface area contributed by atoms with E-state index >= 15 is 0 Å². The van der Waals surface area contributed by atoms with Crippen molar-refractivity contribution in [2.24, 2.45) is 5.41 Å². The molecule has 0 aliphatic rings. The van der Waals surface area contributed by atoms with Gasteiger partial charge in [-0.2, -0.15) is 10.4 Å². The molecule has 196 valence electrons. The summed E-state index contributed by atoms with van der Waals surface area (Å²) in [6, 6.07) is 20.7. The minimum Gasteiger partial charge on any atom is -0.461 e. The number of hydrogen-bond donors (Lipinski definition) is 1. The van der Waals surface area contributed by atoms with Crippen LogP contribution in [0.15, 0.2) is 66.9 Å². The van der Waals surface area contributed by atoms with Crippen molar-refractivity contribution in [3.63, 3.8) is 0 Å². The predicted molar refractivity (Wildman–Crippen MR) is 144 cm³/mol. The van der Waals surface area contributed by atoms with Crippen LogP contribution in [0, 0.1) is 16.7 Å². The molecule has 4 rings (SSSR count). The molecule has 2 heterocycles. The number of alkyl carbamates (subject to hydrolysis) is 1. The van der Waals surface area contributed by atoms with Crippen molar-refractivity contribution in [3.05, 3.63) is 83.6 Å². The maximum Gasteiger partial charge on any atom is 0.408 e. The fourth-order valence-electron chi connectivity index (χ4n) is 4.61. The van der Waals surface area contributed by atoms with Crippen LogP contribution < -0.4 is 5.32 Å². The molecule has 0 saturated heterocycles. The monoisotopic (exact) mass is 512 g/mol. The first-order valence-corrected chi connectivity index (χ1v) is 12.5. The molecule has 38 heavy (non-hydrogen) atoms. The number of benzene rings is 2. The molecule has 0 spiro atoms. The van der Waals surface area contributed by atoms with Crippen LogP contribution in [-0.2, 0) is 26.4 Å². The van der Waals surface area contributed by atoms with Gasteiger partial charge in [0, 0.05) is 5.39 Å². The number of esters is 1. The van der Waals surface area contributed by atoms with Crippen molar-refractivity contribution in [1.82, 2.24) is 14.9 Å². The number of hydrogen-bond acceptors (Lipinski definition) is 6. The van der Waals surface area contributed by atoms with Crippen molar-refractivity contribution in [2.75, 3.05) is 0 Å². The Morgan fingerprint density at radius 3 is 2.42 bits per heavy atom. The van der Waals surface area contributed by atoms with Gasteiger partial charge in [-0.25, -0.2) is 14.1 Å². The van der Waals surface area contributed by atoms with Gasteiger partial charge in [-0.1, -0.05) is 63.2 Å². The van der Waals surface area contributed by atoms with Crippen molar-refractivity contribution in [1.29, 1.82) is 5.26 Å². The molecule has 0 aliphatic heterocycles. The van der Waals surface area contributed by atoms with Crippen LogP contribution in [0.3, 0.4) is 0 Å². The Bertz CT molecular complexity index is 1510. The number of carbonyl (C=O) groups is 2. The highest BCUT2D eigenvalue weighted by Gasteiger charge is 2.47. The summed E-state index contributed by atoms with van der Waals surface area (Å²) in [5.74, 6) is -0.564. The van der Waals surface area contributed by atoms with Gasteiger partial charge in [-0.15, -0.1) is 0 Å². The van der Waals surface area contributed by atoms with Crippen LogP contribution >= 0.6 is 0 Å². The van der Waals surface area contributed by atoms with Gasteiger partial charge in [0.25, 0.3) is 0 Å². The second-order valence-corrected chi connectivity index (χ2v) is 10.9. The topological polar surface area (TPSA) is 106 Å². The second kappa shape index (κ2) is 10.5. The molecule has 0 unspecified atom stereocenters. The molecule has 0 fully saturated rings. The number of rotatable bonds is 7. The number of fused-ring (bicyclic) bond motifs is 3. The number of aromatic nitrogens is 2. The lowest BCUT2D eigenvalue weighted by atomic mass is 9.75. The van der Waals surface area contributed by atoms with E-state index in [4.69, 9.17) is 9.47 Å². The summed E-state index contributed by atoms with van der Waals surface area (Å²) in [5.41, 5.74) is 1.44. The Morgan fingerprint density at radius 2 is 1.76 bits per heavy atom. The highest BCUT2D eigenvalue weighted by Crippen LogP contribution is 2.38. The summed E-state index contributed by atoms with van der Waals surface area (Å²) < 4.78 is 12.9. The van der Waals surface area contributed by atoms with Crippen LogP contribution in [0.5, 0.6) is 0 Å². The minimum absolute atomic E-state index is 0.0632. The normalized spacial score (nSPS) is 13.2. The number of pyridine rings is 1. The Morgan fingerprint density at radius 1 is 1.05 bits per heavy atom. The van der Waals surface area contributed by atoms with Crippen LogP contribution in [0.1, 0.15) is 57.7 Å². The molecule has 1 amide bonds. The Kier molecular flexibility index (Phi) is 7.40. The first-order chi connectivity index (χ1) is 18.0. The number of nitrogens with one attached hydrogen (secondary N) is 1. The minimum atomic E-state index is -1.51. The lowest BCUT2D eigenvalue weighted by Crippen LogP contribution is -2.55. The average Bonchev–Trinajstić information content (AvgIpc) is 3.30. The lowest BCUT2D eigenvalue weighted by Gasteiger charge is -2.38. The van der Waals surface area contributed by atoms with Gasteiger partial charge < -0.3 is 14.8 Å². The van der Waals surface area contributed by atoms with Crippen molar-refractivity contribution in [3.8, 4) is 6.07 Å². The molecular weight excluding hydrogens is 480 g/mol.